The molecule has 1 aliphatic rings. The number of hydrogen-bond donors (Lipinski definition) is 1. The molecule has 2 atom stereocenters. The second-order valence-electron chi connectivity index (χ2n) is 4.13. The first-order valence-corrected chi connectivity index (χ1v) is 6.12. The highest BCUT2D eigenvalue weighted by molar-refractivity contribution is 6.33. The van der Waals surface area contributed by atoms with E-state index in [0.717, 1.165) is 5.56 Å². The van der Waals surface area contributed by atoms with Gasteiger partial charge in [-0.05, 0) is 36.6 Å². The van der Waals surface area contributed by atoms with Crippen LogP contribution in [0.5, 0.6) is 0 Å². The molecule has 0 aromatic heterocycles. The molecule has 1 heterocycles. The van der Waals surface area contributed by atoms with Crippen LogP contribution in [-0.2, 0) is 11.2 Å². The maximum atomic E-state index is 9.83. The van der Waals surface area contributed by atoms with Crippen molar-refractivity contribution in [3.8, 4) is 0 Å². The highest BCUT2D eigenvalue weighted by atomic mass is 35.5. The van der Waals surface area contributed by atoms with Crippen LogP contribution < -0.4 is 0 Å². The monoisotopic (exact) mass is 260 g/mol. The lowest BCUT2D eigenvalue weighted by molar-refractivity contribution is -0.0350. The Labute approximate surface area is 105 Å². The fourth-order valence-electron chi connectivity index (χ4n) is 1.96. The van der Waals surface area contributed by atoms with Gasteiger partial charge in [0.25, 0.3) is 0 Å². The van der Waals surface area contributed by atoms with Gasteiger partial charge < -0.3 is 9.84 Å². The Hall–Kier alpha value is -0.280. The second kappa shape index (κ2) is 5.37. The maximum Gasteiger partial charge on any atom is 0.0615 e. The molecular weight excluding hydrogens is 247 g/mol. The number of rotatable bonds is 2. The van der Waals surface area contributed by atoms with Gasteiger partial charge in [0.1, 0.15) is 0 Å². The minimum absolute atomic E-state index is 0.115. The third kappa shape index (κ3) is 2.89. The Morgan fingerprint density at radius 2 is 2.19 bits per heavy atom. The molecule has 0 amide bonds. The lowest BCUT2D eigenvalue weighted by Gasteiger charge is -2.28. The van der Waals surface area contributed by atoms with Gasteiger partial charge >= 0.3 is 0 Å². The normalized spacial score (nSPS) is 25.7. The van der Waals surface area contributed by atoms with Crippen LogP contribution in [0, 0.1) is 5.92 Å². The van der Waals surface area contributed by atoms with E-state index in [4.69, 9.17) is 27.9 Å². The second-order valence-corrected chi connectivity index (χ2v) is 4.97. The van der Waals surface area contributed by atoms with Crippen LogP contribution in [0.2, 0.25) is 10.0 Å². The molecule has 1 fully saturated rings. The molecule has 2 rings (SSSR count). The molecular formula is C12H14Cl2O2. The summed E-state index contributed by atoms with van der Waals surface area (Å²) in [7, 11) is 0. The quantitative estimate of drug-likeness (QED) is 0.886. The van der Waals surface area contributed by atoms with Crippen molar-refractivity contribution in [3.05, 3.63) is 33.8 Å². The molecule has 1 saturated heterocycles. The first-order valence-electron chi connectivity index (χ1n) is 5.36. The summed E-state index contributed by atoms with van der Waals surface area (Å²) in [5, 5.41) is 11.2. The van der Waals surface area contributed by atoms with Crippen molar-refractivity contribution in [3.63, 3.8) is 0 Å². The van der Waals surface area contributed by atoms with Crippen molar-refractivity contribution in [2.75, 3.05) is 13.2 Å². The summed E-state index contributed by atoms with van der Waals surface area (Å²) >= 11 is 12.0. The van der Waals surface area contributed by atoms with Gasteiger partial charge in [-0.2, -0.15) is 0 Å². The average molecular weight is 261 g/mol. The van der Waals surface area contributed by atoms with Gasteiger partial charge in [0.05, 0.1) is 12.7 Å². The van der Waals surface area contributed by atoms with Gasteiger partial charge in [-0.15, -0.1) is 0 Å². The molecule has 0 saturated carbocycles. The Morgan fingerprint density at radius 3 is 2.94 bits per heavy atom. The summed E-state index contributed by atoms with van der Waals surface area (Å²) in [5.41, 5.74) is 0.976. The van der Waals surface area contributed by atoms with E-state index in [-0.39, 0.29) is 12.0 Å². The van der Waals surface area contributed by atoms with Crippen LogP contribution in [0.15, 0.2) is 18.2 Å². The summed E-state index contributed by atoms with van der Waals surface area (Å²) in [6.45, 7) is 1.23. The topological polar surface area (TPSA) is 29.5 Å². The lowest BCUT2D eigenvalue weighted by Crippen LogP contribution is -2.33. The van der Waals surface area contributed by atoms with Gasteiger partial charge in [0.15, 0.2) is 0 Å². The zero-order valence-corrected chi connectivity index (χ0v) is 10.3. The molecule has 1 aromatic rings. The summed E-state index contributed by atoms with van der Waals surface area (Å²) in [5.74, 6) is 0.115. The van der Waals surface area contributed by atoms with Crippen LogP contribution in [0.4, 0.5) is 0 Å². The van der Waals surface area contributed by atoms with Gasteiger partial charge in [0.2, 0.25) is 0 Å². The third-order valence-electron chi connectivity index (χ3n) is 2.92. The fraction of sp³-hybridized carbons (Fsp3) is 0.500. The van der Waals surface area contributed by atoms with E-state index in [1.165, 1.54) is 0 Å². The SMILES string of the molecule is O[C@H]1CCOC[C@@H]1Cc1cc(Cl)ccc1Cl. The van der Waals surface area contributed by atoms with E-state index in [9.17, 15) is 5.11 Å². The van der Waals surface area contributed by atoms with E-state index in [1.54, 1.807) is 12.1 Å². The highest BCUT2D eigenvalue weighted by Gasteiger charge is 2.24. The predicted octanol–water partition coefficient (Wildman–Crippen LogP) is 2.93. The minimum atomic E-state index is -0.302. The number of benzene rings is 1. The molecule has 1 aromatic carbocycles. The van der Waals surface area contributed by atoms with Gasteiger partial charge in [-0.25, -0.2) is 0 Å². The molecule has 2 nitrogen and oxygen atoms in total. The van der Waals surface area contributed by atoms with E-state index < -0.39 is 0 Å². The highest BCUT2D eigenvalue weighted by Crippen LogP contribution is 2.26. The van der Waals surface area contributed by atoms with Crippen molar-refractivity contribution in [2.45, 2.75) is 18.9 Å². The number of halogens is 2. The summed E-state index contributed by atoms with van der Waals surface area (Å²) in [6, 6.07) is 5.40. The van der Waals surface area contributed by atoms with E-state index >= 15 is 0 Å². The molecule has 16 heavy (non-hydrogen) atoms. The average Bonchev–Trinajstić information content (AvgIpc) is 2.27. The Bertz CT molecular complexity index is 368. The smallest absolute Gasteiger partial charge is 0.0615 e. The molecule has 0 unspecified atom stereocenters. The van der Waals surface area contributed by atoms with Crippen LogP contribution in [-0.4, -0.2) is 24.4 Å². The summed E-state index contributed by atoms with van der Waals surface area (Å²) < 4.78 is 5.36. The molecule has 0 radical (unpaired) electrons. The van der Waals surface area contributed by atoms with Crippen molar-refractivity contribution in [1.29, 1.82) is 0 Å². The van der Waals surface area contributed by atoms with Crippen LogP contribution in [0.1, 0.15) is 12.0 Å². The van der Waals surface area contributed by atoms with E-state index in [0.29, 0.717) is 36.1 Å². The lowest BCUT2D eigenvalue weighted by atomic mass is 9.91. The first kappa shape index (κ1) is 12.2. The van der Waals surface area contributed by atoms with Crippen molar-refractivity contribution in [2.24, 2.45) is 5.92 Å². The standard InChI is InChI=1S/C12H14Cl2O2/c13-10-1-2-11(14)8(6-10)5-9-7-16-4-3-12(9)15/h1-2,6,9,12,15H,3-5,7H2/t9-,12-/m0/s1. The molecule has 4 heteroatoms. The minimum Gasteiger partial charge on any atom is -0.393 e. The summed E-state index contributed by atoms with van der Waals surface area (Å²) in [4.78, 5) is 0. The zero-order valence-electron chi connectivity index (χ0n) is 8.83. The number of aliphatic hydroxyl groups is 1. The van der Waals surface area contributed by atoms with Gasteiger partial charge in [0, 0.05) is 22.6 Å². The van der Waals surface area contributed by atoms with Crippen LogP contribution >= 0.6 is 23.2 Å². The molecule has 1 N–H and O–H groups in total. The molecule has 0 spiro atoms. The fourth-order valence-corrected chi connectivity index (χ4v) is 2.35. The molecule has 1 aliphatic heterocycles. The zero-order chi connectivity index (χ0) is 11.5. The van der Waals surface area contributed by atoms with E-state index in [2.05, 4.69) is 0 Å². The molecule has 88 valence electrons. The third-order valence-corrected chi connectivity index (χ3v) is 3.53. The Morgan fingerprint density at radius 1 is 1.38 bits per heavy atom. The van der Waals surface area contributed by atoms with Gasteiger partial charge in [-0.3, -0.25) is 0 Å². The van der Waals surface area contributed by atoms with Crippen molar-refractivity contribution in [1.82, 2.24) is 0 Å². The molecule has 0 aliphatic carbocycles. The Balaban J connectivity index is 2.10. The van der Waals surface area contributed by atoms with Crippen LogP contribution in [0.3, 0.4) is 0 Å². The Kier molecular flexibility index (Phi) is 4.09. The summed E-state index contributed by atoms with van der Waals surface area (Å²) in [6.07, 6.45) is 1.10. The number of aliphatic hydroxyl groups excluding tert-OH is 1. The predicted molar refractivity (Wildman–Crippen MR) is 65.1 cm³/mol. The van der Waals surface area contributed by atoms with Gasteiger partial charge in [-0.1, -0.05) is 23.2 Å². The largest absolute Gasteiger partial charge is 0.393 e. The van der Waals surface area contributed by atoms with Crippen molar-refractivity contribution < 1.29 is 9.84 Å². The molecule has 0 bridgehead atoms. The maximum absolute atomic E-state index is 9.83. The van der Waals surface area contributed by atoms with Crippen LogP contribution in [0.25, 0.3) is 0 Å². The first-order chi connectivity index (χ1) is 7.66. The van der Waals surface area contributed by atoms with E-state index in [1.807, 2.05) is 6.07 Å². The van der Waals surface area contributed by atoms with Crippen molar-refractivity contribution >= 4 is 23.2 Å². The number of hydrogen-bond acceptors (Lipinski definition) is 2. The number of ether oxygens (including phenoxy) is 1.